The number of rotatable bonds is 3. The molecule has 1 aromatic rings. The fraction of sp³-hybridized carbons (Fsp3) is 0.800. The number of carbonyl (C=O) groups excluding carboxylic acids is 1. The second kappa shape index (κ2) is 6.56. The zero-order valence-electron chi connectivity index (χ0n) is 15.0. The minimum atomic E-state index is -3.18. The highest BCUT2D eigenvalue weighted by Crippen LogP contribution is 2.28. The first-order valence-corrected chi connectivity index (χ1v) is 10.2. The molecule has 0 N–H and O–H groups in total. The standard InChI is InChI=1S/C15H25N5O4S/c1-10(2)14-16-13(24-17-14)7-19-5-6-20(15(21)18(3)4)12-9-25(22,23)8-11(12)19/h10-12H,5-9H2,1-4H3/t11-,12+/m1/s1. The van der Waals surface area contributed by atoms with Gasteiger partial charge in [0.15, 0.2) is 15.7 Å². The van der Waals surface area contributed by atoms with Gasteiger partial charge in [0.2, 0.25) is 5.89 Å². The van der Waals surface area contributed by atoms with Crippen LogP contribution in [0, 0.1) is 0 Å². The van der Waals surface area contributed by atoms with Crippen LogP contribution in [-0.2, 0) is 16.4 Å². The first-order chi connectivity index (χ1) is 11.7. The summed E-state index contributed by atoms with van der Waals surface area (Å²) in [4.78, 5) is 22.0. The number of fused-ring (bicyclic) bond motifs is 1. The predicted octanol–water partition coefficient (Wildman–Crippen LogP) is 0.158. The summed E-state index contributed by atoms with van der Waals surface area (Å²) < 4.78 is 29.7. The van der Waals surface area contributed by atoms with Gasteiger partial charge < -0.3 is 14.3 Å². The molecule has 25 heavy (non-hydrogen) atoms. The molecule has 2 aliphatic heterocycles. The van der Waals surface area contributed by atoms with Crippen LogP contribution in [0.15, 0.2) is 4.52 Å². The van der Waals surface area contributed by atoms with Crippen LogP contribution in [0.1, 0.15) is 31.5 Å². The Hall–Kier alpha value is -1.68. The van der Waals surface area contributed by atoms with Crippen molar-refractivity contribution in [2.75, 3.05) is 38.7 Å². The summed E-state index contributed by atoms with van der Waals surface area (Å²) in [5.74, 6) is 1.37. The number of sulfone groups is 1. The van der Waals surface area contributed by atoms with Crippen LogP contribution in [0.4, 0.5) is 4.79 Å². The minimum absolute atomic E-state index is 0.00875. The number of aromatic nitrogens is 2. The van der Waals surface area contributed by atoms with Crippen LogP contribution < -0.4 is 0 Å². The number of amides is 2. The van der Waals surface area contributed by atoms with Crippen molar-refractivity contribution in [1.82, 2.24) is 24.8 Å². The van der Waals surface area contributed by atoms with E-state index in [9.17, 15) is 13.2 Å². The number of hydrogen-bond donors (Lipinski definition) is 0. The lowest BCUT2D eigenvalue weighted by atomic mass is 10.1. The lowest BCUT2D eigenvalue weighted by molar-refractivity contribution is 0.0461. The SMILES string of the molecule is CC(C)c1noc(CN2CCN(C(=O)N(C)C)[C@H]3CS(=O)(=O)C[C@H]32)n1. The Labute approximate surface area is 147 Å². The maximum absolute atomic E-state index is 12.4. The maximum Gasteiger partial charge on any atom is 0.319 e. The first-order valence-electron chi connectivity index (χ1n) is 8.43. The molecule has 2 aliphatic rings. The number of piperazine rings is 1. The molecule has 3 rings (SSSR count). The van der Waals surface area contributed by atoms with Crippen molar-refractivity contribution < 1.29 is 17.7 Å². The molecule has 0 spiro atoms. The molecule has 140 valence electrons. The summed E-state index contributed by atoms with van der Waals surface area (Å²) in [5, 5.41) is 3.96. The zero-order valence-corrected chi connectivity index (χ0v) is 15.9. The molecule has 2 amide bonds. The van der Waals surface area contributed by atoms with Gasteiger partial charge in [0.1, 0.15) is 0 Å². The highest BCUT2D eigenvalue weighted by Gasteiger charge is 2.48. The largest absolute Gasteiger partial charge is 0.338 e. The lowest BCUT2D eigenvalue weighted by Crippen LogP contribution is -2.61. The van der Waals surface area contributed by atoms with Crippen LogP contribution in [-0.4, -0.2) is 90.1 Å². The van der Waals surface area contributed by atoms with Crippen LogP contribution in [0.25, 0.3) is 0 Å². The fourth-order valence-electron chi connectivity index (χ4n) is 3.46. The molecule has 2 atom stereocenters. The van der Waals surface area contributed by atoms with Gasteiger partial charge in [-0.15, -0.1) is 0 Å². The third-order valence-electron chi connectivity index (χ3n) is 4.76. The van der Waals surface area contributed by atoms with E-state index in [1.165, 1.54) is 4.90 Å². The van der Waals surface area contributed by atoms with Crippen LogP contribution in [0.3, 0.4) is 0 Å². The summed E-state index contributed by atoms with van der Waals surface area (Å²) >= 11 is 0. The van der Waals surface area contributed by atoms with Gasteiger partial charge in [-0.25, -0.2) is 13.2 Å². The summed E-state index contributed by atoms with van der Waals surface area (Å²) in [6.45, 7) is 5.44. The van der Waals surface area contributed by atoms with Gasteiger partial charge in [0.25, 0.3) is 0 Å². The normalized spacial score (nSPS) is 26.0. The molecule has 0 radical (unpaired) electrons. The molecule has 0 bridgehead atoms. The topological polar surface area (TPSA) is 99.9 Å². The van der Waals surface area contributed by atoms with E-state index in [-0.39, 0.29) is 35.5 Å². The number of urea groups is 1. The van der Waals surface area contributed by atoms with Crippen LogP contribution in [0.5, 0.6) is 0 Å². The Bertz CT molecular complexity index is 745. The molecule has 3 heterocycles. The number of nitrogens with zero attached hydrogens (tertiary/aromatic N) is 5. The van der Waals surface area contributed by atoms with E-state index in [2.05, 4.69) is 10.1 Å². The smallest absolute Gasteiger partial charge is 0.319 e. The average molecular weight is 371 g/mol. The quantitative estimate of drug-likeness (QED) is 0.746. The molecular formula is C15H25N5O4S. The summed E-state index contributed by atoms with van der Waals surface area (Å²) in [5.41, 5.74) is 0. The molecule has 2 fully saturated rings. The monoisotopic (exact) mass is 371 g/mol. The van der Waals surface area contributed by atoms with Gasteiger partial charge in [0, 0.05) is 39.1 Å². The van der Waals surface area contributed by atoms with E-state index in [1.807, 2.05) is 18.7 Å². The molecule has 0 saturated carbocycles. The van der Waals surface area contributed by atoms with Crippen molar-refractivity contribution in [1.29, 1.82) is 0 Å². The van der Waals surface area contributed by atoms with Gasteiger partial charge >= 0.3 is 6.03 Å². The van der Waals surface area contributed by atoms with Crippen molar-refractivity contribution in [3.63, 3.8) is 0 Å². The van der Waals surface area contributed by atoms with Gasteiger partial charge in [-0.3, -0.25) is 4.90 Å². The molecular weight excluding hydrogens is 346 g/mol. The van der Waals surface area contributed by atoms with E-state index in [0.717, 1.165) is 0 Å². The Morgan fingerprint density at radius 1 is 1.28 bits per heavy atom. The Morgan fingerprint density at radius 2 is 1.96 bits per heavy atom. The molecule has 2 saturated heterocycles. The number of carbonyl (C=O) groups is 1. The Kier molecular flexibility index (Phi) is 4.76. The lowest BCUT2D eigenvalue weighted by Gasteiger charge is -2.44. The number of hydrogen-bond acceptors (Lipinski definition) is 7. The van der Waals surface area contributed by atoms with E-state index in [4.69, 9.17) is 4.52 Å². The first kappa shape index (κ1) is 18.1. The van der Waals surface area contributed by atoms with Crippen molar-refractivity contribution in [3.8, 4) is 0 Å². The summed E-state index contributed by atoms with van der Waals surface area (Å²) in [6, 6.07) is -0.718. The van der Waals surface area contributed by atoms with Crippen molar-refractivity contribution in [3.05, 3.63) is 11.7 Å². The van der Waals surface area contributed by atoms with E-state index >= 15 is 0 Å². The highest BCUT2D eigenvalue weighted by molar-refractivity contribution is 7.91. The van der Waals surface area contributed by atoms with Gasteiger partial charge in [-0.05, 0) is 0 Å². The maximum atomic E-state index is 12.4. The van der Waals surface area contributed by atoms with Gasteiger partial charge in [-0.1, -0.05) is 19.0 Å². The third-order valence-corrected chi connectivity index (χ3v) is 6.46. The Balaban J connectivity index is 1.79. The molecule has 9 nitrogen and oxygen atoms in total. The average Bonchev–Trinajstić information content (AvgIpc) is 3.10. The summed E-state index contributed by atoms with van der Waals surface area (Å²) in [6.07, 6.45) is 0. The Morgan fingerprint density at radius 3 is 2.56 bits per heavy atom. The van der Waals surface area contributed by atoms with Gasteiger partial charge in [-0.2, -0.15) is 4.98 Å². The van der Waals surface area contributed by atoms with Crippen molar-refractivity contribution >= 4 is 15.9 Å². The highest BCUT2D eigenvalue weighted by atomic mass is 32.2. The molecule has 0 aliphatic carbocycles. The second-order valence-corrected chi connectivity index (χ2v) is 9.41. The van der Waals surface area contributed by atoms with Crippen LogP contribution >= 0.6 is 0 Å². The van der Waals surface area contributed by atoms with Crippen molar-refractivity contribution in [2.24, 2.45) is 0 Å². The minimum Gasteiger partial charge on any atom is -0.338 e. The second-order valence-electron chi connectivity index (χ2n) is 7.25. The molecule has 10 heteroatoms. The third kappa shape index (κ3) is 3.64. The van der Waals surface area contributed by atoms with E-state index in [1.54, 1.807) is 19.0 Å². The molecule has 1 aromatic heterocycles. The molecule has 0 aromatic carbocycles. The molecule has 0 unspecified atom stereocenters. The van der Waals surface area contributed by atoms with E-state index < -0.39 is 9.84 Å². The zero-order chi connectivity index (χ0) is 18.4. The van der Waals surface area contributed by atoms with Crippen molar-refractivity contribution in [2.45, 2.75) is 38.4 Å². The predicted molar refractivity (Wildman–Crippen MR) is 90.8 cm³/mol. The van der Waals surface area contributed by atoms with Crippen LogP contribution in [0.2, 0.25) is 0 Å². The summed E-state index contributed by atoms with van der Waals surface area (Å²) in [7, 11) is 0.184. The fourth-order valence-corrected chi connectivity index (χ4v) is 5.47. The van der Waals surface area contributed by atoms with E-state index in [0.29, 0.717) is 31.3 Å². The van der Waals surface area contributed by atoms with Gasteiger partial charge in [0.05, 0.1) is 24.1 Å².